The standard InChI is InChI=1S/C17H21ClN4O2/c1-3-24-16-6-12(18)4-5-15(16)21-17(23)14-9-19-8-13(14)11-7-20-22(2)10-11/h4-7,10,13-14,19H,3,8-9H2,1-2H3,(H,21,23)/t13-,14+/m1/s1. The van der Waals surface area contributed by atoms with Crippen LogP contribution >= 0.6 is 11.6 Å². The Morgan fingerprint density at radius 3 is 3.04 bits per heavy atom. The molecule has 7 heteroatoms. The molecule has 1 aromatic carbocycles. The molecule has 128 valence electrons. The molecule has 0 bridgehead atoms. The summed E-state index contributed by atoms with van der Waals surface area (Å²) in [6.45, 7) is 3.81. The zero-order valence-electron chi connectivity index (χ0n) is 13.8. The molecule has 1 fully saturated rings. The Bertz CT molecular complexity index is 731. The monoisotopic (exact) mass is 348 g/mol. The fraction of sp³-hybridized carbons (Fsp3) is 0.412. The van der Waals surface area contributed by atoms with Crippen LogP contribution in [0, 0.1) is 5.92 Å². The molecule has 1 aromatic heterocycles. The number of anilines is 1. The minimum Gasteiger partial charge on any atom is -0.492 e. The van der Waals surface area contributed by atoms with E-state index >= 15 is 0 Å². The van der Waals surface area contributed by atoms with Crippen molar-refractivity contribution in [1.29, 1.82) is 0 Å². The van der Waals surface area contributed by atoms with E-state index in [-0.39, 0.29) is 17.7 Å². The van der Waals surface area contributed by atoms with E-state index in [1.54, 1.807) is 22.9 Å². The van der Waals surface area contributed by atoms with E-state index in [9.17, 15) is 4.79 Å². The molecule has 1 aliphatic heterocycles. The van der Waals surface area contributed by atoms with Gasteiger partial charge >= 0.3 is 0 Å². The van der Waals surface area contributed by atoms with E-state index in [2.05, 4.69) is 15.7 Å². The number of hydrogen-bond acceptors (Lipinski definition) is 4. The summed E-state index contributed by atoms with van der Waals surface area (Å²) in [7, 11) is 1.88. The predicted molar refractivity (Wildman–Crippen MR) is 93.6 cm³/mol. The second-order valence-electron chi connectivity index (χ2n) is 5.88. The molecular weight excluding hydrogens is 328 g/mol. The van der Waals surface area contributed by atoms with E-state index in [1.807, 2.05) is 26.4 Å². The molecule has 2 N–H and O–H groups in total. The van der Waals surface area contributed by atoms with Gasteiger partial charge in [0.2, 0.25) is 5.91 Å². The second-order valence-corrected chi connectivity index (χ2v) is 6.32. The van der Waals surface area contributed by atoms with Crippen LogP contribution in [0.2, 0.25) is 5.02 Å². The molecular formula is C17H21ClN4O2. The maximum absolute atomic E-state index is 12.8. The summed E-state index contributed by atoms with van der Waals surface area (Å²) in [5.41, 5.74) is 1.71. The lowest BCUT2D eigenvalue weighted by Crippen LogP contribution is -2.28. The van der Waals surface area contributed by atoms with Gasteiger partial charge in [-0.2, -0.15) is 5.10 Å². The van der Waals surface area contributed by atoms with Crippen molar-refractivity contribution in [2.45, 2.75) is 12.8 Å². The first kappa shape index (κ1) is 16.8. The third-order valence-corrected chi connectivity index (χ3v) is 4.44. The molecule has 24 heavy (non-hydrogen) atoms. The summed E-state index contributed by atoms with van der Waals surface area (Å²) in [5, 5.41) is 11.1. The first-order valence-corrected chi connectivity index (χ1v) is 8.38. The van der Waals surface area contributed by atoms with E-state index < -0.39 is 0 Å². The molecule has 2 aromatic rings. The summed E-state index contributed by atoms with van der Waals surface area (Å²) in [6, 6.07) is 5.23. The number of carbonyl (C=O) groups is 1. The van der Waals surface area contributed by atoms with Gasteiger partial charge in [0.25, 0.3) is 0 Å². The molecule has 1 saturated heterocycles. The molecule has 0 aliphatic carbocycles. The van der Waals surface area contributed by atoms with Gasteiger partial charge in [-0.25, -0.2) is 0 Å². The average Bonchev–Trinajstić information content (AvgIpc) is 3.18. The summed E-state index contributed by atoms with van der Waals surface area (Å²) in [5.74, 6) is 0.514. The van der Waals surface area contributed by atoms with Gasteiger partial charge in [-0.3, -0.25) is 9.48 Å². The van der Waals surface area contributed by atoms with Crippen LogP contribution in [0.25, 0.3) is 0 Å². The molecule has 0 saturated carbocycles. The molecule has 0 radical (unpaired) electrons. The first-order valence-electron chi connectivity index (χ1n) is 8.01. The third-order valence-electron chi connectivity index (χ3n) is 4.21. The van der Waals surface area contributed by atoms with Crippen molar-refractivity contribution in [2.75, 3.05) is 25.0 Å². The van der Waals surface area contributed by atoms with Crippen molar-refractivity contribution in [3.05, 3.63) is 41.2 Å². The number of aromatic nitrogens is 2. The largest absolute Gasteiger partial charge is 0.492 e. The van der Waals surface area contributed by atoms with Crippen LogP contribution in [0.15, 0.2) is 30.6 Å². The van der Waals surface area contributed by atoms with Gasteiger partial charge in [-0.15, -0.1) is 0 Å². The van der Waals surface area contributed by atoms with Crippen LogP contribution in [0.1, 0.15) is 18.4 Å². The van der Waals surface area contributed by atoms with Crippen molar-refractivity contribution in [1.82, 2.24) is 15.1 Å². The predicted octanol–water partition coefficient (Wildman–Crippen LogP) is 2.41. The molecule has 1 aliphatic rings. The Morgan fingerprint density at radius 1 is 1.50 bits per heavy atom. The zero-order valence-corrected chi connectivity index (χ0v) is 14.5. The van der Waals surface area contributed by atoms with Gasteiger partial charge < -0.3 is 15.4 Å². The fourth-order valence-corrected chi connectivity index (χ4v) is 3.20. The minimum atomic E-state index is -0.153. The van der Waals surface area contributed by atoms with E-state index in [1.165, 1.54) is 0 Å². The van der Waals surface area contributed by atoms with Crippen LogP contribution < -0.4 is 15.4 Å². The van der Waals surface area contributed by atoms with Crippen molar-refractivity contribution >= 4 is 23.2 Å². The first-order chi connectivity index (χ1) is 11.6. The fourth-order valence-electron chi connectivity index (χ4n) is 3.04. The summed E-state index contributed by atoms with van der Waals surface area (Å²) in [4.78, 5) is 12.8. The van der Waals surface area contributed by atoms with Crippen molar-refractivity contribution in [3.63, 3.8) is 0 Å². The van der Waals surface area contributed by atoms with Gasteiger partial charge in [-0.1, -0.05) is 11.6 Å². The second kappa shape index (κ2) is 7.23. The van der Waals surface area contributed by atoms with E-state index in [0.29, 0.717) is 29.6 Å². The van der Waals surface area contributed by atoms with Gasteiger partial charge in [-0.05, 0) is 24.6 Å². The van der Waals surface area contributed by atoms with Crippen LogP contribution in [0.3, 0.4) is 0 Å². The minimum absolute atomic E-state index is 0.0304. The number of aryl methyl sites for hydroxylation is 1. The number of hydrogen-bond donors (Lipinski definition) is 2. The summed E-state index contributed by atoms with van der Waals surface area (Å²) in [6.07, 6.45) is 3.79. The van der Waals surface area contributed by atoms with Crippen molar-refractivity contribution < 1.29 is 9.53 Å². The number of halogens is 1. The SMILES string of the molecule is CCOc1cc(Cl)ccc1NC(=O)[C@H]1CNC[C@@H]1c1cnn(C)c1. The van der Waals surface area contributed by atoms with Crippen LogP contribution in [-0.2, 0) is 11.8 Å². The van der Waals surface area contributed by atoms with Gasteiger partial charge in [0.05, 0.1) is 24.4 Å². The normalized spacial score (nSPS) is 20.1. The quantitative estimate of drug-likeness (QED) is 0.870. The summed E-state index contributed by atoms with van der Waals surface area (Å²) < 4.78 is 7.33. The highest BCUT2D eigenvalue weighted by atomic mass is 35.5. The molecule has 2 atom stereocenters. The third kappa shape index (κ3) is 3.55. The number of benzene rings is 1. The number of nitrogens with one attached hydrogen (secondary N) is 2. The molecule has 2 heterocycles. The van der Waals surface area contributed by atoms with Crippen LogP contribution in [0.4, 0.5) is 5.69 Å². The van der Waals surface area contributed by atoms with Crippen molar-refractivity contribution in [3.8, 4) is 5.75 Å². The van der Waals surface area contributed by atoms with Crippen LogP contribution in [-0.4, -0.2) is 35.4 Å². The number of rotatable bonds is 5. The highest BCUT2D eigenvalue weighted by Crippen LogP contribution is 2.32. The number of carbonyl (C=O) groups excluding carboxylic acids is 1. The Morgan fingerprint density at radius 2 is 2.33 bits per heavy atom. The highest BCUT2D eigenvalue weighted by molar-refractivity contribution is 6.30. The smallest absolute Gasteiger partial charge is 0.229 e. The Kier molecular flexibility index (Phi) is 5.06. The van der Waals surface area contributed by atoms with Gasteiger partial charge in [0, 0.05) is 43.3 Å². The molecule has 1 amide bonds. The van der Waals surface area contributed by atoms with Crippen LogP contribution in [0.5, 0.6) is 5.75 Å². The topological polar surface area (TPSA) is 68.2 Å². The zero-order chi connectivity index (χ0) is 17.1. The maximum atomic E-state index is 12.8. The lowest BCUT2D eigenvalue weighted by atomic mass is 9.90. The maximum Gasteiger partial charge on any atom is 0.229 e. The Labute approximate surface area is 146 Å². The molecule has 0 unspecified atom stereocenters. The molecule has 6 nitrogen and oxygen atoms in total. The van der Waals surface area contributed by atoms with Crippen molar-refractivity contribution in [2.24, 2.45) is 13.0 Å². The van der Waals surface area contributed by atoms with E-state index in [0.717, 1.165) is 12.1 Å². The number of ether oxygens (including phenoxy) is 1. The molecule has 0 spiro atoms. The number of amides is 1. The average molecular weight is 349 g/mol. The lowest BCUT2D eigenvalue weighted by Gasteiger charge is -2.18. The summed E-state index contributed by atoms with van der Waals surface area (Å²) >= 11 is 6.01. The Hall–Kier alpha value is -2.05. The lowest BCUT2D eigenvalue weighted by molar-refractivity contribution is -0.119. The van der Waals surface area contributed by atoms with Gasteiger partial charge in [0.1, 0.15) is 5.75 Å². The Balaban J connectivity index is 1.77. The van der Waals surface area contributed by atoms with Gasteiger partial charge in [0.15, 0.2) is 0 Å². The highest BCUT2D eigenvalue weighted by Gasteiger charge is 2.35. The number of nitrogens with zero attached hydrogens (tertiary/aromatic N) is 2. The van der Waals surface area contributed by atoms with E-state index in [4.69, 9.17) is 16.3 Å². The molecule has 3 rings (SSSR count).